The van der Waals surface area contributed by atoms with Crippen LogP contribution in [0.1, 0.15) is 11.1 Å². The van der Waals surface area contributed by atoms with E-state index in [2.05, 4.69) is 15.9 Å². The monoisotopic (exact) mass is 324 g/mol. The zero-order valence-electron chi connectivity index (χ0n) is 9.81. The van der Waals surface area contributed by atoms with Crippen LogP contribution in [-0.2, 0) is 12.8 Å². The van der Waals surface area contributed by atoms with E-state index >= 15 is 0 Å². The molecule has 2 rings (SSSR count). The predicted octanol–water partition coefficient (Wildman–Crippen LogP) is 4.25. The molecule has 2 aromatic rings. The van der Waals surface area contributed by atoms with E-state index in [0.29, 0.717) is 12.8 Å². The van der Waals surface area contributed by atoms with Crippen molar-refractivity contribution in [1.29, 1.82) is 0 Å². The smallest absolute Gasteiger partial charge is 0.0620 e. The second kappa shape index (κ2) is 6.37. The van der Waals surface area contributed by atoms with Crippen LogP contribution in [0.3, 0.4) is 0 Å². The Kier molecular flexibility index (Phi) is 4.81. The summed E-state index contributed by atoms with van der Waals surface area (Å²) >= 11 is 9.26. The minimum Gasteiger partial charge on any atom is -0.392 e. The van der Waals surface area contributed by atoms with Crippen LogP contribution in [0.25, 0.3) is 0 Å². The highest BCUT2D eigenvalue weighted by molar-refractivity contribution is 9.10. The van der Waals surface area contributed by atoms with Crippen LogP contribution in [0.2, 0.25) is 5.02 Å². The van der Waals surface area contributed by atoms with Crippen molar-refractivity contribution in [2.45, 2.75) is 18.9 Å². The number of benzene rings is 2. The van der Waals surface area contributed by atoms with E-state index in [0.717, 1.165) is 20.6 Å². The molecule has 18 heavy (non-hydrogen) atoms. The summed E-state index contributed by atoms with van der Waals surface area (Å²) in [6.07, 6.45) is 0.923. The van der Waals surface area contributed by atoms with Gasteiger partial charge in [-0.2, -0.15) is 0 Å². The molecule has 94 valence electrons. The van der Waals surface area contributed by atoms with Crippen LogP contribution in [0.15, 0.2) is 53.0 Å². The summed E-state index contributed by atoms with van der Waals surface area (Å²) in [5.41, 5.74) is 2.23. The quantitative estimate of drug-likeness (QED) is 0.891. The molecule has 1 unspecified atom stereocenters. The Hall–Kier alpha value is -0.830. The van der Waals surface area contributed by atoms with Gasteiger partial charge in [-0.3, -0.25) is 0 Å². The number of rotatable bonds is 4. The van der Waals surface area contributed by atoms with Gasteiger partial charge in [-0.1, -0.05) is 51.8 Å². The summed E-state index contributed by atoms with van der Waals surface area (Å²) in [5.74, 6) is 0. The van der Waals surface area contributed by atoms with E-state index in [1.165, 1.54) is 0 Å². The summed E-state index contributed by atoms with van der Waals surface area (Å²) in [5, 5.41) is 10.8. The molecule has 0 aliphatic rings. The standard InChI is InChI=1S/C15H14BrClO/c16-13-3-1-2-12(8-13)10-15(18)9-11-4-6-14(17)7-5-11/h1-8,15,18H,9-10H2. The minimum atomic E-state index is -0.375. The maximum atomic E-state index is 10.1. The highest BCUT2D eigenvalue weighted by atomic mass is 79.9. The Morgan fingerprint density at radius 2 is 1.67 bits per heavy atom. The van der Waals surface area contributed by atoms with Gasteiger partial charge in [0.05, 0.1) is 6.10 Å². The first kappa shape index (κ1) is 13.6. The molecule has 1 atom stereocenters. The van der Waals surface area contributed by atoms with Crippen LogP contribution in [-0.4, -0.2) is 11.2 Å². The van der Waals surface area contributed by atoms with Gasteiger partial charge in [0.15, 0.2) is 0 Å². The van der Waals surface area contributed by atoms with E-state index in [4.69, 9.17) is 11.6 Å². The van der Waals surface area contributed by atoms with Gasteiger partial charge < -0.3 is 5.11 Å². The molecule has 0 saturated carbocycles. The van der Waals surface area contributed by atoms with Gasteiger partial charge in [-0.05, 0) is 48.2 Å². The number of aliphatic hydroxyl groups excluding tert-OH is 1. The van der Waals surface area contributed by atoms with E-state index in [1.54, 1.807) is 0 Å². The Morgan fingerprint density at radius 1 is 1.00 bits per heavy atom. The molecule has 1 N–H and O–H groups in total. The van der Waals surface area contributed by atoms with E-state index in [9.17, 15) is 5.11 Å². The second-order valence-electron chi connectivity index (χ2n) is 4.32. The van der Waals surface area contributed by atoms with Crippen LogP contribution in [0.5, 0.6) is 0 Å². The Morgan fingerprint density at radius 3 is 2.33 bits per heavy atom. The van der Waals surface area contributed by atoms with Crippen LogP contribution >= 0.6 is 27.5 Å². The van der Waals surface area contributed by atoms with Crippen molar-refractivity contribution in [3.8, 4) is 0 Å². The van der Waals surface area contributed by atoms with Crippen LogP contribution < -0.4 is 0 Å². The largest absolute Gasteiger partial charge is 0.392 e. The molecule has 1 nitrogen and oxygen atoms in total. The topological polar surface area (TPSA) is 20.2 Å². The molecule has 3 heteroatoms. The van der Waals surface area contributed by atoms with Gasteiger partial charge in [0.1, 0.15) is 0 Å². The molecule has 0 spiro atoms. The molecule has 0 aliphatic carbocycles. The number of hydrogen-bond acceptors (Lipinski definition) is 1. The van der Waals surface area contributed by atoms with E-state index < -0.39 is 0 Å². The molecule has 0 aliphatic heterocycles. The lowest BCUT2D eigenvalue weighted by Gasteiger charge is -2.11. The van der Waals surface area contributed by atoms with Crippen molar-refractivity contribution in [3.63, 3.8) is 0 Å². The first-order chi connectivity index (χ1) is 8.63. The highest BCUT2D eigenvalue weighted by Crippen LogP contribution is 2.16. The second-order valence-corrected chi connectivity index (χ2v) is 5.67. The fourth-order valence-electron chi connectivity index (χ4n) is 1.90. The van der Waals surface area contributed by atoms with Crippen molar-refractivity contribution in [1.82, 2.24) is 0 Å². The molecule has 0 radical (unpaired) electrons. The number of hydrogen-bond donors (Lipinski definition) is 1. The average Bonchev–Trinajstić information content (AvgIpc) is 2.32. The summed E-state index contributed by atoms with van der Waals surface area (Å²) < 4.78 is 1.04. The third-order valence-corrected chi connectivity index (χ3v) is 3.49. The van der Waals surface area contributed by atoms with Gasteiger partial charge in [0.25, 0.3) is 0 Å². The Labute approximate surface area is 121 Å². The molecular formula is C15H14BrClO. The van der Waals surface area contributed by atoms with Crippen LogP contribution in [0.4, 0.5) is 0 Å². The van der Waals surface area contributed by atoms with E-state index in [-0.39, 0.29) is 6.10 Å². The summed E-state index contributed by atoms with van der Waals surface area (Å²) in [6, 6.07) is 15.6. The summed E-state index contributed by atoms with van der Waals surface area (Å²) in [4.78, 5) is 0. The lowest BCUT2D eigenvalue weighted by molar-refractivity contribution is 0.175. The zero-order valence-corrected chi connectivity index (χ0v) is 12.2. The van der Waals surface area contributed by atoms with Gasteiger partial charge in [-0.25, -0.2) is 0 Å². The lowest BCUT2D eigenvalue weighted by atomic mass is 10.0. The molecule has 0 bridgehead atoms. The summed E-state index contributed by atoms with van der Waals surface area (Å²) in [7, 11) is 0. The Balaban J connectivity index is 1.96. The van der Waals surface area contributed by atoms with Crippen molar-refractivity contribution >= 4 is 27.5 Å². The molecule has 0 fully saturated rings. The van der Waals surface area contributed by atoms with Gasteiger partial charge in [0, 0.05) is 9.50 Å². The van der Waals surface area contributed by atoms with Crippen molar-refractivity contribution in [2.24, 2.45) is 0 Å². The molecule has 2 aromatic carbocycles. The summed E-state index contributed by atoms with van der Waals surface area (Å²) in [6.45, 7) is 0. The maximum absolute atomic E-state index is 10.1. The predicted molar refractivity (Wildman–Crippen MR) is 79.0 cm³/mol. The first-order valence-electron chi connectivity index (χ1n) is 5.80. The molecule has 0 amide bonds. The number of aliphatic hydroxyl groups is 1. The van der Waals surface area contributed by atoms with Crippen LogP contribution in [0, 0.1) is 0 Å². The third kappa shape index (κ3) is 4.13. The number of halogens is 2. The minimum absolute atomic E-state index is 0.375. The maximum Gasteiger partial charge on any atom is 0.0620 e. The van der Waals surface area contributed by atoms with Crippen molar-refractivity contribution < 1.29 is 5.11 Å². The Bertz CT molecular complexity index is 510. The van der Waals surface area contributed by atoms with Crippen molar-refractivity contribution in [2.75, 3.05) is 0 Å². The molecule has 0 heterocycles. The van der Waals surface area contributed by atoms with Gasteiger partial charge in [-0.15, -0.1) is 0 Å². The normalized spacial score (nSPS) is 12.4. The zero-order chi connectivity index (χ0) is 13.0. The third-order valence-electron chi connectivity index (χ3n) is 2.74. The lowest BCUT2D eigenvalue weighted by Crippen LogP contribution is -2.13. The molecular weight excluding hydrogens is 312 g/mol. The van der Waals surface area contributed by atoms with E-state index in [1.807, 2.05) is 48.5 Å². The molecule has 0 aromatic heterocycles. The fraction of sp³-hybridized carbons (Fsp3) is 0.200. The average molecular weight is 326 g/mol. The SMILES string of the molecule is OC(Cc1ccc(Cl)cc1)Cc1cccc(Br)c1. The highest BCUT2D eigenvalue weighted by Gasteiger charge is 2.07. The molecule has 0 saturated heterocycles. The van der Waals surface area contributed by atoms with Gasteiger partial charge in [0.2, 0.25) is 0 Å². The first-order valence-corrected chi connectivity index (χ1v) is 6.97. The van der Waals surface area contributed by atoms with Gasteiger partial charge >= 0.3 is 0 Å². The fourth-order valence-corrected chi connectivity index (χ4v) is 2.47. The van der Waals surface area contributed by atoms with Crippen molar-refractivity contribution in [3.05, 3.63) is 69.2 Å².